The number of aliphatic imine (C=N–C) groups is 1. The van der Waals surface area contributed by atoms with Crippen molar-refractivity contribution in [1.29, 1.82) is 0 Å². The number of aryl methyl sites for hydroxylation is 1. The molecule has 0 saturated carbocycles. The molecule has 0 spiro atoms. The molecule has 1 aromatic heterocycles. The molecule has 102 valence electrons. The van der Waals surface area contributed by atoms with Crippen LogP contribution in [-0.2, 0) is 0 Å². The van der Waals surface area contributed by atoms with Gasteiger partial charge in [-0.15, -0.1) is 0 Å². The van der Waals surface area contributed by atoms with Gasteiger partial charge in [0.1, 0.15) is 5.75 Å². The molecule has 1 aromatic carbocycles. The molecule has 0 aliphatic carbocycles. The first-order chi connectivity index (χ1) is 9.47. The van der Waals surface area contributed by atoms with Crippen molar-refractivity contribution in [3.05, 3.63) is 47.8 Å². The third-order valence-corrected chi connectivity index (χ3v) is 2.69. The lowest BCUT2D eigenvalue weighted by Gasteiger charge is -2.06. The summed E-state index contributed by atoms with van der Waals surface area (Å²) in [5.74, 6) is -1.20. The van der Waals surface area contributed by atoms with Crippen molar-refractivity contribution >= 4 is 11.9 Å². The molecule has 1 amide bonds. The number of benzene rings is 1. The number of phenols is 1. The van der Waals surface area contributed by atoms with E-state index in [1.807, 2.05) is 19.1 Å². The number of aromatic nitrogens is 1. The maximum atomic E-state index is 11.8. The molecule has 5 N–H and O–H groups in total. The molecule has 0 fully saturated rings. The van der Waals surface area contributed by atoms with Crippen LogP contribution in [0.1, 0.15) is 16.1 Å². The maximum Gasteiger partial charge on any atom is 0.283 e. The Morgan fingerprint density at radius 3 is 2.55 bits per heavy atom. The highest BCUT2D eigenvalue weighted by molar-refractivity contribution is 6.04. The van der Waals surface area contributed by atoms with Gasteiger partial charge in [0.2, 0.25) is 0 Å². The topological polar surface area (TPSA) is 115 Å². The fourth-order valence-corrected chi connectivity index (χ4v) is 1.79. The molecule has 0 atom stereocenters. The molecular weight excluding hydrogens is 256 g/mol. The molecule has 1 heterocycles. The highest BCUT2D eigenvalue weighted by Gasteiger charge is 2.12. The van der Waals surface area contributed by atoms with Crippen molar-refractivity contribution in [2.75, 3.05) is 0 Å². The lowest BCUT2D eigenvalue weighted by molar-refractivity contribution is 0.1000. The molecule has 20 heavy (non-hydrogen) atoms. The summed E-state index contributed by atoms with van der Waals surface area (Å²) >= 11 is 0. The van der Waals surface area contributed by atoms with Crippen LogP contribution >= 0.6 is 0 Å². The molecule has 0 aliphatic rings. The summed E-state index contributed by atoms with van der Waals surface area (Å²) in [4.78, 5) is 19.3. The molecule has 0 radical (unpaired) electrons. The van der Waals surface area contributed by atoms with Crippen LogP contribution in [-0.4, -0.2) is 22.0 Å². The van der Waals surface area contributed by atoms with Gasteiger partial charge < -0.3 is 16.6 Å². The first-order valence-corrected chi connectivity index (χ1v) is 5.87. The van der Waals surface area contributed by atoms with E-state index in [0.717, 1.165) is 16.8 Å². The highest BCUT2D eigenvalue weighted by Crippen LogP contribution is 2.26. The number of nitrogens with two attached hydrogens (primary N) is 2. The van der Waals surface area contributed by atoms with Crippen LogP contribution in [0.15, 0.2) is 41.5 Å². The Hall–Kier alpha value is -2.89. The third kappa shape index (κ3) is 2.92. The van der Waals surface area contributed by atoms with Crippen molar-refractivity contribution in [2.45, 2.75) is 6.92 Å². The molecule has 0 bridgehead atoms. The van der Waals surface area contributed by atoms with E-state index in [0.29, 0.717) is 0 Å². The van der Waals surface area contributed by atoms with E-state index in [4.69, 9.17) is 11.5 Å². The van der Waals surface area contributed by atoms with Crippen LogP contribution in [0, 0.1) is 6.92 Å². The summed E-state index contributed by atoms with van der Waals surface area (Å²) in [5.41, 5.74) is 12.9. The van der Waals surface area contributed by atoms with Crippen molar-refractivity contribution in [1.82, 2.24) is 4.98 Å². The summed E-state index contributed by atoms with van der Waals surface area (Å²) < 4.78 is 0. The van der Waals surface area contributed by atoms with Crippen molar-refractivity contribution in [2.24, 2.45) is 16.5 Å². The first kappa shape index (κ1) is 13.5. The van der Waals surface area contributed by atoms with Crippen LogP contribution in [0.25, 0.3) is 11.1 Å². The number of phenolic OH excluding ortho intramolecular Hbond substituents is 1. The normalized spacial score (nSPS) is 10.1. The fourth-order valence-electron chi connectivity index (χ4n) is 1.79. The second-order valence-electron chi connectivity index (χ2n) is 4.26. The molecule has 2 rings (SSSR count). The van der Waals surface area contributed by atoms with E-state index in [-0.39, 0.29) is 17.3 Å². The smallest absolute Gasteiger partial charge is 0.283 e. The van der Waals surface area contributed by atoms with Crippen LogP contribution in [0.4, 0.5) is 0 Å². The number of nitrogens with zero attached hydrogens (tertiary/aromatic N) is 2. The summed E-state index contributed by atoms with van der Waals surface area (Å²) in [6, 6.07) is 8.37. The van der Waals surface area contributed by atoms with E-state index in [1.165, 1.54) is 6.07 Å². The van der Waals surface area contributed by atoms with Gasteiger partial charge in [0.05, 0.1) is 5.56 Å². The van der Waals surface area contributed by atoms with Crippen LogP contribution < -0.4 is 11.5 Å². The number of carbonyl (C=O) groups is 1. The Morgan fingerprint density at radius 1 is 1.20 bits per heavy atom. The van der Waals surface area contributed by atoms with Crippen molar-refractivity contribution < 1.29 is 9.90 Å². The Kier molecular flexibility index (Phi) is 3.65. The van der Waals surface area contributed by atoms with Crippen LogP contribution in [0.2, 0.25) is 0 Å². The first-order valence-electron chi connectivity index (χ1n) is 5.87. The lowest BCUT2D eigenvalue weighted by Crippen LogP contribution is -2.24. The molecule has 6 nitrogen and oxygen atoms in total. The van der Waals surface area contributed by atoms with Gasteiger partial charge in [0.25, 0.3) is 5.91 Å². The quantitative estimate of drug-likeness (QED) is 0.560. The summed E-state index contributed by atoms with van der Waals surface area (Å²) in [5, 5.41) is 9.74. The molecular formula is C14H14N4O2. The number of aromatic hydroxyl groups is 1. The Morgan fingerprint density at radius 2 is 1.90 bits per heavy atom. The highest BCUT2D eigenvalue weighted by atomic mass is 16.3. The zero-order valence-corrected chi connectivity index (χ0v) is 10.9. The van der Waals surface area contributed by atoms with Crippen molar-refractivity contribution in [3.63, 3.8) is 0 Å². The molecule has 0 unspecified atom stereocenters. The molecule has 2 aromatic rings. The van der Waals surface area contributed by atoms with Gasteiger partial charge in [-0.25, -0.2) is 0 Å². The van der Waals surface area contributed by atoms with Gasteiger partial charge in [0, 0.05) is 11.9 Å². The van der Waals surface area contributed by atoms with E-state index >= 15 is 0 Å². The summed E-state index contributed by atoms with van der Waals surface area (Å²) in [6.07, 6.45) is 1.68. The fraction of sp³-hybridized carbons (Fsp3) is 0.0714. The Balaban J connectivity index is 2.49. The number of rotatable bonds is 2. The number of guanidine groups is 1. The van der Waals surface area contributed by atoms with Crippen LogP contribution in [0.3, 0.4) is 0 Å². The number of hydrogen-bond acceptors (Lipinski definition) is 3. The van der Waals surface area contributed by atoms with Gasteiger partial charge in [-0.3, -0.25) is 9.78 Å². The Labute approximate surface area is 115 Å². The predicted octanol–water partition coefficient (Wildman–Crippen LogP) is 1.18. The maximum absolute atomic E-state index is 11.8. The predicted molar refractivity (Wildman–Crippen MR) is 76.2 cm³/mol. The molecule has 6 heteroatoms. The average Bonchev–Trinajstić information content (AvgIpc) is 2.38. The van der Waals surface area contributed by atoms with Crippen molar-refractivity contribution in [3.8, 4) is 16.9 Å². The zero-order valence-electron chi connectivity index (χ0n) is 10.9. The zero-order chi connectivity index (χ0) is 14.7. The Bertz CT molecular complexity index is 691. The van der Waals surface area contributed by atoms with E-state index in [9.17, 15) is 9.90 Å². The molecule has 0 saturated heterocycles. The second kappa shape index (κ2) is 5.40. The number of hydrogen-bond donors (Lipinski definition) is 3. The number of pyridine rings is 1. The van der Waals surface area contributed by atoms with Gasteiger partial charge in [-0.05, 0) is 42.3 Å². The minimum Gasteiger partial charge on any atom is -0.507 e. The van der Waals surface area contributed by atoms with Gasteiger partial charge >= 0.3 is 0 Å². The number of carbonyl (C=O) groups excluding carboxylic acids is 1. The van der Waals surface area contributed by atoms with Gasteiger partial charge in [-0.1, -0.05) is 6.07 Å². The molecule has 0 aliphatic heterocycles. The standard InChI is InChI=1S/C14H14N4O2/c1-8-6-10(4-5-17-8)9-2-3-12(19)11(7-9)13(20)18-14(15)16/h2-7,19H,1H3,(H4,15,16,18,20). The second-order valence-corrected chi connectivity index (χ2v) is 4.26. The summed E-state index contributed by atoms with van der Waals surface area (Å²) in [6.45, 7) is 1.87. The van der Waals surface area contributed by atoms with Gasteiger partial charge in [0.15, 0.2) is 5.96 Å². The number of amides is 1. The van der Waals surface area contributed by atoms with E-state index in [2.05, 4.69) is 9.98 Å². The monoisotopic (exact) mass is 270 g/mol. The van der Waals surface area contributed by atoms with E-state index < -0.39 is 5.91 Å². The summed E-state index contributed by atoms with van der Waals surface area (Å²) in [7, 11) is 0. The minimum atomic E-state index is -0.685. The van der Waals surface area contributed by atoms with Crippen LogP contribution in [0.5, 0.6) is 5.75 Å². The lowest BCUT2D eigenvalue weighted by atomic mass is 10.0. The third-order valence-electron chi connectivity index (χ3n) is 2.69. The van der Waals surface area contributed by atoms with Gasteiger partial charge in [-0.2, -0.15) is 4.99 Å². The minimum absolute atomic E-state index is 0.0466. The van der Waals surface area contributed by atoms with E-state index in [1.54, 1.807) is 18.3 Å². The average molecular weight is 270 g/mol. The largest absolute Gasteiger partial charge is 0.507 e. The SMILES string of the molecule is Cc1cc(-c2ccc(O)c(C(=O)N=C(N)N)c2)ccn1.